The van der Waals surface area contributed by atoms with Gasteiger partial charge in [0.25, 0.3) is 10.0 Å². The maximum Gasteiger partial charge on any atom is 0.416 e. The van der Waals surface area contributed by atoms with Crippen LogP contribution in [0.4, 0.5) is 18.9 Å². The number of halogens is 4. The number of esters is 1. The molecule has 1 heterocycles. The number of hydrogen-bond acceptors (Lipinski definition) is 5. The van der Waals surface area contributed by atoms with Gasteiger partial charge in [-0.25, -0.2) is 17.9 Å². The van der Waals surface area contributed by atoms with E-state index in [2.05, 4.69) is 14.6 Å². The second-order valence-corrected chi connectivity index (χ2v) is 7.98. The Labute approximate surface area is 174 Å². The molecule has 0 unspecified atom stereocenters. The van der Waals surface area contributed by atoms with Crippen LogP contribution in [0.3, 0.4) is 0 Å². The third-order valence-corrected chi connectivity index (χ3v) is 5.81. The van der Waals surface area contributed by atoms with Crippen molar-refractivity contribution in [3.63, 3.8) is 0 Å². The molecule has 0 aliphatic rings. The lowest BCUT2D eigenvalue weighted by atomic mass is 10.1. The molecular weight excluding hydrogens is 447 g/mol. The molecule has 0 aliphatic carbocycles. The number of sulfonamides is 1. The van der Waals surface area contributed by atoms with Crippen LogP contribution >= 0.6 is 11.6 Å². The van der Waals surface area contributed by atoms with Crippen LogP contribution in [-0.2, 0) is 20.9 Å². The van der Waals surface area contributed by atoms with Crippen molar-refractivity contribution in [1.29, 1.82) is 0 Å². The first-order valence-electron chi connectivity index (χ1n) is 8.15. The highest BCUT2D eigenvalue weighted by Gasteiger charge is 2.32. The van der Waals surface area contributed by atoms with E-state index in [-0.39, 0.29) is 22.0 Å². The molecule has 0 fully saturated rings. The number of aromatic nitrogens is 2. The molecular formula is C18H13ClF3N3O4S. The molecule has 30 heavy (non-hydrogen) atoms. The third-order valence-electron chi connectivity index (χ3n) is 3.96. The number of carbonyl (C=O) groups excluding carboxylic acids is 1. The van der Waals surface area contributed by atoms with E-state index in [0.29, 0.717) is 6.07 Å². The third kappa shape index (κ3) is 4.41. The van der Waals surface area contributed by atoms with Gasteiger partial charge < -0.3 is 4.74 Å². The van der Waals surface area contributed by atoms with Gasteiger partial charge in [0, 0.05) is 12.4 Å². The number of alkyl halides is 3. The summed E-state index contributed by atoms with van der Waals surface area (Å²) in [7, 11) is -3.37. The highest BCUT2D eigenvalue weighted by molar-refractivity contribution is 7.92. The molecule has 0 saturated carbocycles. The summed E-state index contributed by atoms with van der Waals surface area (Å²) >= 11 is 5.97. The van der Waals surface area contributed by atoms with Crippen LogP contribution < -0.4 is 4.72 Å². The summed E-state index contributed by atoms with van der Waals surface area (Å²) in [5.41, 5.74) is -1.49. The molecule has 0 aliphatic heterocycles. The van der Waals surface area contributed by atoms with E-state index in [1.165, 1.54) is 35.3 Å². The van der Waals surface area contributed by atoms with Crippen LogP contribution in [0.15, 0.2) is 59.8 Å². The fraction of sp³-hybridized carbons (Fsp3) is 0.111. The zero-order valence-corrected chi connectivity index (χ0v) is 16.7. The molecule has 1 N–H and O–H groups in total. The van der Waals surface area contributed by atoms with Crippen molar-refractivity contribution in [2.75, 3.05) is 11.8 Å². The Bertz CT molecular complexity index is 1200. The molecule has 3 aromatic rings. The normalized spacial score (nSPS) is 11.9. The second kappa shape index (κ2) is 8.00. The van der Waals surface area contributed by atoms with E-state index < -0.39 is 32.6 Å². The zero-order chi connectivity index (χ0) is 22.1. The minimum Gasteiger partial charge on any atom is -0.465 e. The molecule has 0 bridgehead atoms. The first kappa shape index (κ1) is 21.7. The molecule has 0 spiro atoms. The van der Waals surface area contributed by atoms with Crippen molar-refractivity contribution in [1.82, 2.24) is 9.78 Å². The molecule has 158 valence electrons. The van der Waals surface area contributed by atoms with Crippen LogP contribution in [0, 0.1) is 0 Å². The summed E-state index contributed by atoms with van der Waals surface area (Å²) in [5, 5.41) is 3.69. The van der Waals surface area contributed by atoms with Crippen LogP contribution in [-0.4, -0.2) is 31.3 Å². The van der Waals surface area contributed by atoms with Gasteiger partial charge in [0.15, 0.2) is 0 Å². The number of ether oxygens (including phenoxy) is 1. The molecule has 3 rings (SSSR count). The molecule has 2 aromatic carbocycles. The SMILES string of the molecule is COC(=O)c1ccc(Cl)c(S(=O)(=O)Nc2cc(C(F)(F)F)ccc2-n2cccn2)c1. The highest BCUT2D eigenvalue weighted by atomic mass is 35.5. The van der Waals surface area contributed by atoms with Gasteiger partial charge in [-0.1, -0.05) is 11.6 Å². The molecule has 0 amide bonds. The van der Waals surface area contributed by atoms with Crippen molar-refractivity contribution in [3.05, 3.63) is 71.0 Å². The number of nitrogens with one attached hydrogen (secondary N) is 1. The lowest BCUT2D eigenvalue weighted by molar-refractivity contribution is -0.137. The average Bonchev–Trinajstić information content (AvgIpc) is 3.21. The summed E-state index contributed by atoms with van der Waals surface area (Å²) in [5.74, 6) is -0.806. The van der Waals surface area contributed by atoms with Crippen molar-refractivity contribution >= 4 is 33.3 Å². The Kier molecular flexibility index (Phi) is 5.77. The van der Waals surface area contributed by atoms with E-state index in [9.17, 15) is 26.4 Å². The largest absolute Gasteiger partial charge is 0.465 e. The Morgan fingerprint density at radius 3 is 2.53 bits per heavy atom. The number of benzene rings is 2. The Morgan fingerprint density at radius 2 is 1.93 bits per heavy atom. The van der Waals surface area contributed by atoms with Crippen LogP contribution in [0.1, 0.15) is 15.9 Å². The highest BCUT2D eigenvalue weighted by Crippen LogP contribution is 2.34. The van der Waals surface area contributed by atoms with E-state index >= 15 is 0 Å². The monoisotopic (exact) mass is 459 g/mol. The van der Waals surface area contributed by atoms with Crippen molar-refractivity contribution in [2.45, 2.75) is 11.1 Å². The Balaban J connectivity index is 2.12. The lowest BCUT2D eigenvalue weighted by Crippen LogP contribution is -2.17. The molecule has 0 atom stereocenters. The maximum absolute atomic E-state index is 13.2. The van der Waals surface area contributed by atoms with Crippen LogP contribution in [0.2, 0.25) is 5.02 Å². The minimum absolute atomic E-state index is 0.0526. The number of carbonyl (C=O) groups is 1. The summed E-state index contributed by atoms with van der Waals surface area (Å²) in [6, 6.07) is 7.45. The maximum atomic E-state index is 13.2. The van der Waals surface area contributed by atoms with Gasteiger partial charge in [-0.15, -0.1) is 0 Å². The van der Waals surface area contributed by atoms with Crippen LogP contribution in [0.25, 0.3) is 5.69 Å². The molecule has 1 aromatic heterocycles. The lowest BCUT2D eigenvalue weighted by Gasteiger charge is -2.16. The number of anilines is 1. The van der Waals surface area contributed by atoms with E-state index in [0.717, 1.165) is 25.3 Å². The van der Waals surface area contributed by atoms with Gasteiger partial charge in [0.1, 0.15) is 4.90 Å². The first-order valence-corrected chi connectivity index (χ1v) is 10.0. The standard InChI is InChI=1S/C18H13ClF3N3O4S/c1-29-17(26)11-3-5-13(19)16(9-11)30(27,28)24-14-10-12(18(20,21)22)4-6-15(14)25-8-2-7-23-25/h2-10,24H,1H3. The van der Waals surface area contributed by atoms with Crippen LogP contribution in [0.5, 0.6) is 0 Å². The zero-order valence-electron chi connectivity index (χ0n) is 15.1. The second-order valence-electron chi connectivity index (χ2n) is 5.92. The molecule has 12 heteroatoms. The van der Waals surface area contributed by atoms with Crippen molar-refractivity contribution < 1.29 is 31.1 Å². The van der Waals surface area contributed by atoms with E-state index in [1.54, 1.807) is 0 Å². The smallest absolute Gasteiger partial charge is 0.416 e. The van der Waals surface area contributed by atoms with Gasteiger partial charge in [-0.2, -0.15) is 18.3 Å². The first-order chi connectivity index (χ1) is 14.0. The van der Waals surface area contributed by atoms with Crippen molar-refractivity contribution in [2.24, 2.45) is 0 Å². The van der Waals surface area contributed by atoms with Gasteiger partial charge in [-0.3, -0.25) is 4.72 Å². The molecule has 0 saturated heterocycles. The fourth-order valence-electron chi connectivity index (χ4n) is 2.56. The fourth-order valence-corrected chi connectivity index (χ4v) is 4.15. The quantitative estimate of drug-likeness (QED) is 0.579. The van der Waals surface area contributed by atoms with E-state index in [1.807, 2.05) is 0 Å². The minimum atomic E-state index is -4.70. The molecule has 7 nitrogen and oxygen atoms in total. The predicted molar refractivity (Wildman–Crippen MR) is 102 cm³/mol. The number of methoxy groups -OCH3 is 1. The summed E-state index contributed by atoms with van der Waals surface area (Å²) in [6.07, 6.45) is -1.89. The average molecular weight is 460 g/mol. The summed E-state index contributed by atoms with van der Waals surface area (Å²) in [6.45, 7) is 0. The summed E-state index contributed by atoms with van der Waals surface area (Å²) < 4.78 is 73.2. The Hall–Kier alpha value is -3.05. The van der Waals surface area contributed by atoms with Gasteiger partial charge in [0.05, 0.1) is 34.6 Å². The predicted octanol–water partition coefficient (Wildman–Crippen LogP) is 4.13. The number of nitrogens with zero attached hydrogens (tertiary/aromatic N) is 2. The molecule has 0 radical (unpaired) electrons. The van der Waals surface area contributed by atoms with Gasteiger partial charge in [0.2, 0.25) is 0 Å². The van der Waals surface area contributed by atoms with Gasteiger partial charge >= 0.3 is 12.1 Å². The number of rotatable bonds is 5. The Morgan fingerprint density at radius 1 is 1.20 bits per heavy atom. The topological polar surface area (TPSA) is 90.3 Å². The van der Waals surface area contributed by atoms with Gasteiger partial charge in [-0.05, 0) is 42.5 Å². The van der Waals surface area contributed by atoms with Crippen molar-refractivity contribution in [3.8, 4) is 5.69 Å². The number of hydrogen-bond donors (Lipinski definition) is 1. The van der Waals surface area contributed by atoms with E-state index in [4.69, 9.17) is 11.6 Å². The summed E-state index contributed by atoms with van der Waals surface area (Å²) in [4.78, 5) is 11.2.